The van der Waals surface area contributed by atoms with Crippen molar-refractivity contribution >= 4 is 51.7 Å². The Morgan fingerprint density at radius 3 is 2.50 bits per heavy atom. The van der Waals surface area contributed by atoms with Gasteiger partial charge in [-0.25, -0.2) is 0 Å². The molecule has 1 aliphatic rings. The van der Waals surface area contributed by atoms with E-state index in [2.05, 4.69) is 32.8 Å². The number of benzene rings is 2. The Morgan fingerprint density at radius 2 is 1.82 bits per heavy atom. The second kappa shape index (κ2) is 10.7. The third-order valence-corrected chi connectivity index (χ3v) is 6.21. The van der Waals surface area contributed by atoms with Crippen molar-refractivity contribution in [3.8, 4) is 5.75 Å². The van der Waals surface area contributed by atoms with E-state index >= 15 is 0 Å². The average molecular weight is 533 g/mol. The Morgan fingerprint density at radius 1 is 1.11 bits per heavy atom. The molecule has 1 aliphatic heterocycles. The van der Waals surface area contributed by atoms with Crippen LogP contribution in [0.4, 0.5) is 0 Å². The second-order valence-electron chi connectivity index (χ2n) is 6.92. The number of carbonyl (C=O) groups is 1. The quantitative estimate of drug-likeness (QED) is 0.501. The van der Waals surface area contributed by atoms with Gasteiger partial charge in [-0.15, -0.1) is 0 Å². The van der Waals surface area contributed by atoms with Gasteiger partial charge < -0.3 is 10.1 Å². The van der Waals surface area contributed by atoms with Crippen LogP contribution in [0.25, 0.3) is 0 Å². The van der Waals surface area contributed by atoms with Gasteiger partial charge in [0, 0.05) is 29.2 Å². The molecule has 4 nitrogen and oxygen atoms in total. The van der Waals surface area contributed by atoms with Crippen molar-refractivity contribution in [2.24, 2.45) is 0 Å². The summed E-state index contributed by atoms with van der Waals surface area (Å²) in [6.07, 6.45) is 2.27. The van der Waals surface area contributed by atoms with E-state index in [1.165, 1.54) is 0 Å². The molecule has 0 aliphatic carbocycles. The maximum absolute atomic E-state index is 12.2. The Kier molecular flexibility index (Phi) is 8.26. The maximum Gasteiger partial charge on any atom is 0.223 e. The van der Waals surface area contributed by atoms with Crippen molar-refractivity contribution in [1.82, 2.24) is 10.2 Å². The van der Waals surface area contributed by atoms with Gasteiger partial charge in [0.15, 0.2) is 0 Å². The highest BCUT2D eigenvalue weighted by Gasteiger charge is 2.20. The van der Waals surface area contributed by atoms with Crippen LogP contribution in [-0.4, -0.2) is 36.5 Å². The number of nitrogens with zero attached hydrogens (tertiary/aromatic N) is 1. The molecule has 0 radical (unpaired) electrons. The fraction of sp³-hybridized carbons (Fsp3) is 0.381. The van der Waals surface area contributed by atoms with Crippen LogP contribution in [0, 0.1) is 3.57 Å². The Bertz CT molecular complexity index is 793. The number of hydrogen-bond donors (Lipinski definition) is 1. The number of amides is 1. The van der Waals surface area contributed by atoms with E-state index in [0.29, 0.717) is 23.1 Å². The van der Waals surface area contributed by atoms with Crippen molar-refractivity contribution in [1.29, 1.82) is 0 Å². The fourth-order valence-corrected chi connectivity index (χ4v) is 3.90. The molecule has 28 heavy (non-hydrogen) atoms. The molecular weight excluding hydrogens is 510 g/mol. The van der Waals surface area contributed by atoms with Gasteiger partial charge in [0.05, 0.1) is 23.1 Å². The SMILES string of the molecule is O=C(CCOc1ccc(I)cc1)NC1CCN(Cc2ccc(Cl)c(Cl)c2)CC1. The molecule has 3 rings (SSSR count). The van der Waals surface area contributed by atoms with Gasteiger partial charge in [-0.2, -0.15) is 0 Å². The van der Waals surface area contributed by atoms with Crippen molar-refractivity contribution in [3.05, 3.63) is 61.6 Å². The van der Waals surface area contributed by atoms with Gasteiger partial charge in [0.2, 0.25) is 5.91 Å². The predicted molar refractivity (Wildman–Crippen MR) is 122 cm³/mol. The van der Waals surface area contributed by atoms with E-state index in [4.69, 9.17) is 27.9 Å². The number of likely N-dealkylation sites (tertiary alicyclic amines) is 1. The smallest absolute Gasteiger partial charge is 0.223 e. The lowest BCUT2D eigenvalue weighted by atomic mass is 10.0. The molecule has 150 valence electrons. The molecular formula is C21H23Cl2IN2O2. The monoisotopic (exact) mass is 532 g/mol. The summed E-state index contributed by atoms with van der Waals surface area (Å²) in [6, 6.07) is 13.8. The number of nitrogens with one attached hydrogen (secondary N) is 1. The minimum atomic E-state index is 0.0495. The van der Waals surface area contributed by atoms with Gasteiger partial charge in [-0.1, -0.05) is 29.3 Å². The predicted octanol–water partition coefficient (Wildman–Crippen LogP) is 5.15. The first-order valence-electron chi connectivity index (χ1n) is 9.33. The van der Waals surface area contributed by atoms with Gasteiger partial charge in [0.25, 0.3) is 0 Å². The van der Waals surface area contributed by atoms with Crippen LogP contribution in [0.1, 0.15) is 24.8 Å². The van der Waals surface area contributed by atoms with E-state index in [0.717, 1.165) is 47.4 Å². The van der Waals surface area contributed by atoms with Gasteiger partial charge >= 0.3 is 0 Å². The second-order valence-corrected chi connectivity index (χ2v) is 8.98. The number of rotatable bonds is 7. The van der Waals surface area contributed by atoms with E-state index in [-0.39, 0.29) is 11.9 Å². The zero-order valence-electron chi connectivity index (χ0n) is 15.5. The van der Waals surface area contributed by atoms with E-state index in [9.17, 15) is 4.79 Å². The molecule has 7 heteroatoms. The third kappa shape index (κ3) is 6.79. The normalized spacial score (nSPS) is 15.4. The van der Waals surface area contributed by atoms with Crippen LogP contribution in [0.3, 0.4) is 0 Å². The maximum atomic E-state index is 12.2. The standard InChI is InChI=1S/C21H23Cl2IN2O2/c22-19-6-1-15(13-20(19)23)14-26-10-7-17(8-11-26)25-21(27)9-12-28-18-4-2-16(24)3-5-18/h1-6,13,17H,7-12,14H2,(H,25,27). The minimum Gasteiger partial charge on any atom is -0.493 e. The highest BCUT2D eigenvalue weighted by molar-refractivity contribution is 14.1. The third-order valence-electron chi connectivity index (χ3n) is 4.75. The number of piperidine rings is 1. The number of hydrogen-bond acceptors (Lipinski definition) is 3. The Balaban J connectivity index is 1.34. The highest BCUT2D eigenvalue weighted by Crippen LogP contribution is 2.24. The lowest BCUT2D eigenvalue weighted by Crippen LogP contribution is -2.44. The molecule has 0 bridgehead atoms. The fourth-order valence-electron chi connectivity index (χ4n) is 3.22. The van der Waals surface area contributed by atoms with Gasteiger partial charge in [0.1, 0.15) is 5.75 Å². The number of carbonyl (C=O) groups excluding carboxylic acids is 1. The molecule has 1 heterocycles. The summed E-state index contributed by atoms with van der Waals surface area (Å²) in [5, 5.41) is 4.30. The van der Waals surface area contributed by atoms with Crippen molar-refractivity contribution in [3.63, 3.8) is 0 Å². The molecule has 1 saturated heterocycles. The summed E-state index contributed by atoms with van der Waals surface area (Å²) in [5.74, 6) is 0.845. The van der Waals surface area contributed by atoms with Crippen LogP contribution in [-0.2, 0) is 11.3 Å². The number of ether oxygens (including phenoxy) is 1. The first-order valence-corrected chi connectivity index (χ1v) is 11.2. The summed E-state index contributed by atoms with van der Waals surface area (Å²) in [6.45, 7) is 3.14. The van der Waals surface area contributed by atoms with Crippen molar-refractivity contribution in [2.45, 2.75) is 31.8 Å². The molecule has 0 saturated carbocycles. The topological polar surface area (TPSA) is 41.6 Å². The number of halogens is 3. The lowest BCUT2D eigenvalue weighted by molar-refractivity contribution is -0.122. The molecule has 1 N–H and O–H groups in total. The summed E-state index contributed by atoms with van der Waals surface area (Å²) in [5.41, 5.74) is 1.16. The van der Waals surface area contributed by atoms with Gasteiger partial charge in [-0.3, -0.25) is 9.69 Å². The molecule has 1 fully saturated rings. The Labute approximate surface area is 189 Å². The van der Waals surface area contributed by atoms with E-state index in [1.807, 2.05) is 42.5 Å². The summed E-state index contributed by atoms with van der Waals surface area (Å²) in [7, 11) is 0. The first kappa shape index (κ1) is 21.7. The zero-order chi connectivity index (χ0) is 19.9. The highest BCUT2D eigenvalue weighted by atomic mass is 127. The lowest BCUT2D eigenvalue weighted by Gasteiger charge is -2.32. The molecule has 1 amide bonds. The average Bonchev–Trinajstić information content (AvgIpc) is 2.68. The van der Waals surface area contributed by atoms with Crippen LogP contribution in [0.5, 0.6) is 5.75 Å². The summed E-state index contributed by atoms with van der Waals surface area (Å²) in [4.78, 5) is 14.5. The van der Waals surface area contributed by atoms with Crippen LogP contribution >= 0.6 is 45.8 Å². The van der Waals surface area contributed by atoms with E-state index in [1.54, 1.807) is 0 Å². The van der Waals surface area contributed by atoms with Gasteiger partial charge in [-0.05, 0) is 77.4 Å². The molecule has 2 aromatic carbocycles. The summed E-state index contributed by atoms with van der Waals surface area (Å²) >= 11 is 14.3. The molecule has 0 unspecified atom stereocenters. The molecule has 2 aromatic rings. The molecule has 0 spiro atoms. The van der Waals surface area contributed by atoms with Crippen molar-refractivity contribution < 1.29 is 9.53 Å². The molecule has 0 atom stereocenters. The van der Waals surface area contributed by atoms with E-state index < -0.39 is 0 Å². The molecule has 0 aromatic heterocycles. The summed E-state index contributed by atoms with van der Waals surface area (Å²) < 4.78 is 6.79. The van der Waals surface area contributed by atoms with Crippen LogP contribution < -0.4 is 10.1 Å². The van der Waals surface area contributed by atoms with Crippen LogP contribution in [0.15, 0.2) is 42.5 Å². The largest absolute Gasteiger partial charge is 0.493 e. The van der Waals surface area contributed by atoms with Crippen molar-refractivity contribution in [2.75, 3.05) is 19.7 Å². The first-order chi connectivity index (χ1) is 13.5. The minimum absolute atomic E-state index is 0.0495. The van der Waals surface area contributed by atoms with Crippen LogP contribution in [0.2, 0.25) is 10.0 Å². The Hall–Kier alpha value is -1.02. The zero-order valence-corrected chi connectivity index (χ0v) is 19.1.